The van der Waals surface area contributed by atoms with Gasteiger partial charge in [0.2, 0.25) is 5.91 Å². The molecule has 0 radical (unpaired) electrons. The number of carbonyl (C=O) groups is 2. The molecule has 27 heavy (non-hydrogen) atoms. The summed E-state index contributed by atoms with van der Waals surface area (Å²) in [6, 6.07) is 13.7. The molecule has 138 valence electrons. The fraction of sp³-hybridized carbons (Fsp3) is 0.250. The second kappa shape index (κ2) is 7.59. The zero-order valence-electron chi connectivity index (χ0n) is 14.8. The third kappa shape index (κ3) is 3.83. The smallest absolute Gasteiger partial charge is 0.272 e. The number of H-pyrrole nitrogens is 1. The molecule has 4 rings (SSSR count). The van der Waals surface area contributed by atoms with Crippen LogP contribution in [-0.2, 0) is 24.4 Å². The van der Waals surface area contributed by atoms with E-state index in [0.29, 0.717) is 12.2 Å². The Kier molecular flexibility index (Phi) is 4.84. The lowest BCUT2D eigenvalue weighted by Crippen LogP contribution is -2.30. The molecule has 7 nitrogen and oxygen atoms in total. The fourth-order valence-corrected chi connectivity index (χ4v) is 3.26. The summed E-state index contributed by atoms with van der Waals surface area (Å²) in [5.41, 5.74) is 4.85. The van der Waals surface area contributed by atoms with Gasteiger partial charge in [-0.2, -0.15) is 5.10 Å². The van der Waals surface area contributed by atoms with Gasteiger partial charge in [0, 0.05) is 38.0 Å². The highest BCUT2D eigenvalue weighted by molar-refractivity contribution is 6.04. The summed E-state index contributed by atoms with van der Waals surface area (Å²) in [6.45, 7) is 2.54. The molecule has 2 aromatic carbocycles. The molecule has 0 spiro atoms. The first kappa shape index (κ1) is 17.2. The Bertz CT molecular complexity index is 995. The summed E-state index contributed by atoms with van der Waals surface area (Å²) < 4.78 is 0. The van der Waals surface area contributed by atoms with Gasteiger partial charge in [-0.3, -0.25) is 14.7 Å². The van der Waals surface area contributed by atoms with Gasteiger partial charge < -0.3 is 16.0 Å². The Morgan fingerprint density at radius 3 is 2.81 bits per heavy atom. The van der Waals surface area contributed by atoms with Gasteiger partial charge in [-0.15, -0.1) is 0 Å². The lowest BCUT2D eigenvalue weighted by atomic mass is 10.1. The van der Waals surface area contributed by atoms with E-state index in [1.807, 2.05) is 30.3 Å². The van der Waals surface area contributed by atoms with Crippen LogP contribution in [0.1, 0.15) is 33.6 Å². The highest BCUT2D eigenvalue weighted by atomic mass is 16.2. The highest BCUT2D eigenvalue weighted by Crippen LogP contribution is 2.17. The van der Waals surface area contributed by atoms with Crippen LogP contribution in [0.5, 0.6) is 0 Å². The van der Waals surface area contributed by atoms with E-state index in [1.54, 1.807) is 0 Å². The highest BCUT2D eigenvalue weighted by Gasteiger charge is 2.14. The number of carbonyl (C=O) groups excluding carboxylic acids is 2. The van der Waals surface area contributed by atoms with E-state index in [1.165, 1.54) is 11.1 Å². The summed E-state index contributed by atoms with van der Waals surface area (Å²) in [5, 5.41) is 16.6. The molecule has 3 aromatic rings. The average Bonchev–Trinajstić information content (AvgIpc) is 3.32. The summed E-state index contributed by atoms with van der Waals surface area (Å²) in [6.07, 6.45) is 0.223. The SMILES string of the molecule is O=C(CCNC(=O)c1n[nH]c2ccccc12)NCc1ccc2c(c1)CNC2. The van der Waals surface area contributed by atoms with Crippen molar-refractivity contribution in [2.45, 2.75) is 26.1 Å². The predicted octanol–water partition coefficient (Wildman–Crippen LogP) is 1.60. The van der Waals surface area contributed by atoms with Crippen LogP contribution in [0.2, 0.25) is 0 Å². The van der Waals surface area contributed by atoms with E-state index in [9.17, 15) is 9.59 Å². The number of hydrogen-bond acceptors (Lipinski definition) is 4. The van der Waals surface area contributed by atoms with E-state index in [0.717, 1.165) is 29.6 Å². The van der Waals surface area contributed by atoms with E-state index < -0.39 is 0 Å². The molecule has 1 aliphatic heterocycles. The Morgan fingerprint density at radius 1 is 1.04 bits per heavy atom. The molecule has 4 N–H and O–H groups in total. The van der Waals surface area contributed by atoms with Crippen LogP contribution >= 0.6 is 0 Å². The van der Waals surface area contributed by atoms with Crippen molar-refractivity contribution in [2.24, 2.45) is 0 Å². The Labute approximate surface area is 156 Å². The minimum Gasteiger partial charge on any atom is -0.352 e. The van der Waals surface area contributed by atoms with Crippen molar-refractivity contribution in [3.05, 3.63) is 64.8 Å². The van der Waals surface area contributed by atoms with Crippen molar-refractivity contribution in [1.82, 2.24) is 26.1 Å². The second-order valence-electron chi connectivity index (χ2n) is 6.61. The quantitative estimate of drug-likeness (QED) is 0.535. The Morgan fingerprint density at radius 2 is 1.89 bits per heavy atom. The number of rotatable bonds is 6. The van der Waals surface area contributed by atoms with Crippen molar-refractivity contribution in [1.29, 1.82) is 0 Å². The minimum absolute atomic E-state index is 0.0965. The normalized spacial score (nSPS) is 12.7. The molecule has 1 aromatic heterocycles. The number of para-hydroxylation sites is 1. The van der Waals surface area contributed by atoms with Crippen LogP contribution in [0.15, 0.2) is 42.5 Å². The molecule has 0 atom stereocenters. The van der Waals surface area contributed by atoms with Crippen molar-refractivity contribution in [2.75, 3.05) is 6.54 Å². The van der Waals surface area contributed by atoms with E-state index in [4.69, 9.17) is 0 Å². The van der Waals surface area contributed by atoms with Crippen LogP contribution < -0.4 is 16.0 Å². The monoisotopic (exact) mass is 363 g/mol. The largest absolute Gasteiger partial charge is 0.352 e. The number of nitrogens with one attached hydrogen (secondary N) is 4. The number of aromatic nitrogens is 2. The van der Waals surface area contributed by atoms with Gasteiger partial charge in [0.1, 0.15) is 0 Å². The molecule has 0 unspecified atom stereocenters. The van der Waals surface area contributed by atoms with Gasteiger partial charge >= 0.3 is 0 Å². The number of fused-ring (bicyclic) bond motifs is 2. The molecular weight excluding hydrogens is 342 g/mol. The maximum Gasteiger partial charge on any atom is 0.272 e. The molecule has 0 fully saturated rings. The topological polar surface area (TPSA) is 98.9 Å². The van der Waals surface area contributed by atoms with E-state index in [-0.39, 0.29) is 24.8 Å². The van der Waals surface area contributed by atoms with Crippen molar-refractivity contribution in [3.63, 3.8) is 0 Å². The van der Waals surface area contributed by atoms with Gasteiger partial charge in [0.15, 0.2) is 5.69 Å². The standard InChI is InChI=1S/C20H21N5O2/c26-18(23-10-13-5-6-14-11-21-12-15(14)9-13)7-8-22-20(27)19-16-3-1-2-4-17(16)24-25-19/h1-6,9,21H,7-8,10-12H2,(H,22,27)(H,23,26)(H,24,25). The Hall–Kier alpha value is -3.19. The number of nitrogens with zero attached hydrogens (tertiary/aromatic N) is 1. The summed E-state index contributed by atoms with van der Waals surface area (Å²) >= 11 is 0. The van der Waals surface area contributed by atoms with Gasteiger partial charge in [-0.1, -0.05) is 36.4 Å². The molecule has 0 aliphatic carbocycles. The van der Waals surface area contributed by atoms with Crippen molar-refractivity contribution in [3.8, 4) is 0 Å². The molecule has 2 amide bonds. The van der Waals surface area contributed by atoms with Gasteiger partial charge in [-0.05, 0) is 22.8 Å². The molecule has 0 saturated heterocycles. The fourth-order valence-electron chi connectivity index (χ4n) is 3.26. The molecule has 7 heteroatoms. The van der Waals surface area contributed by atoms with Crippen LogP contribution in [0.3, 0.4) is 0 Å². The lowest BCUT2D eigenvalue weighted by Gasteiger charge is -2.08. The molecule has 0 bridgehead atoms. The molecule has 0 saturated carbocycles. The van der Waals surface area contributed by atoms with E-state index >= 15 is 0 Å². The van der Waals surface area contributed by atoms with E-state index in [2.05, 4.69) is 38.3 Å². The predicted molar refractivity (Wildman–Crippen MR) is 102 cm³/mol. The Balaban J connectivity index is 1.24. The first-order valence-electron chi connectivity index (χ1n) is 9.00. The zero-order valence-corrected chi connectivity index (χ0v) is 14.8. The maximum atomic E-state index is 12.3. The lowest BCUT2D eigenvalue weighted by molar-refractivity contribution is -0.121. The number of hydrogen-bond donors (Lipinski definition) is 4. The van der Waals surface area contributed by atoms with Crippen molar-refractivity contribution >= 4 is 22.7 Å². The second-order valence-corrected chi connectivity index (χ2v) is 6.61. The first-order chi connectivity index (χ1) is 13.2. The third-order valence-corrected chi connectivity index (χ3v) is 4.71. The van der Waals surface area contributed by atoms with Crippen LogP contribution in [0, 0.1) is 0 Å². The summed E-state index contributed by atoms with van der Waals surface area (Å²) in [7, 11) is 0. The summed E-state index contributed by atoms with van der Waals surface area (Å²) in [4.78, 5) is 24.3. The number of amides is 2. The average molecular weight is 363 g/mol. The minimum atomic E-state index is -0.286. The molecular formula is C20H21N5O2. The number of aromatic amines is 1. The van der Waals surface area contributed by atoms with Gasteiger partial charge in [-0.25, -0.2) is 0 Å². The first-order valence-corrected chi connectivity index (χ1v) is 9.00. The zero-order chi connectivity index (χ0) is 18.6. The summed E-state index contributed by atoms with van der Waals surface area (Å²) in [5.74, 6) is -0.382. The third-order valence-electron chi connectivity index (χ3n) is 4.71. The number of benzene rings is 2. The van der Waals surface area contributed by atoms with Gasteiger partial charge in [0.25, 0.3) is 5.91 Å². The van der Waals surface area contributed by atoms with Crippen LogP contribution in [-0.4, -0.2) is 28.6 Å². The van der Waals surface area contributed by atoms with Crippen LogP contribution in [0.25, 0.3) is 10.9 Å². The molecule has 2 heterocycles. The van der Waals surface area contributed by atoms with Gasteiger partial charge in [0.05, 0.1) is 5.52 Å². The van der Waals surface area contributed by atoms with Crippen molar-refractivity contribution < 1.29 is 9.59 Å². The van der Waals surface area contributed by atoms with Crippen LogP contribution in [0.4, 0.5) is 0 Å². The molecule has 1 aliphatic rings. The maximum absolute atomic E-state index is 12.3.